The average Bonchev–Trinajstić information content (AvgIpc) is 2.81. The van der Waals surface area contributed by atoms with Gasteiger partial charge in [0.05, 0.1) is 0 Å². The molecule has 1 atom stereocenters. The van der Waals surface area contributed by atoms with Crippen LogP contribution in [-0.2, 0) is 0 Å². The topological polar surface area (TPSA) is 36.4 Å². The molecule has 1 aliphatic heterocycles. The molecule has 6 heteroatoms. The first kappa shape index (κ1) is 17.7. The molecule has 0 aromatic rings. The lowest BCUT2D eigenvalue weighted by Crippen LogP contribution is -2.40. The van der Waals surface area contributed by atoms with Gasteiger partial charge in [0, 0.05) is 25.4 Å². The number of nitrogens with one attached hydrogen (secondary N) is 2. The Bertz CT molecular complexity index is 209. The fourth-order valence-electron chi connectivity index (χ4n) is 1.66. The van der Waals surface area contributed by atoms with E-state index in [-0.39, 0.29) is 24.0 Å². The van der Waals surface area contributed by atoms with Gasteiger partial charge in [0.25, 0.3) is 0 Å². The highest BCUT2D eigenvalue weighted by Gasteiger charge is 2.15. The average molecular weight is 389 g/mol. The van der Waals surface area contributed by atoms with Crippen LogP contribution in [0.25, 0.3) is 0 Å². The smallest absolute Gasteiger partial charge is 0.191 e. The van der Waals surface area contributed by atoms with Crippen LogP contribution in [0.2, 0.25) is 0 Å². The molecular weight excluding hydrogens is 365 g/mol. The summed E-state index contributed by atoms with van der Waals surface area (Å²) in [5.74, 6) is 3.49. The number of thioether (sulfide) groups is 2. The first-order valence-corrected chi connectivity index (χ1v) is 8.36. The summed E-state index contributed by atoms with van der Waals surface area (Å²) in [6, 6.07) is 0. The standard InChI is InChI=1S/C11H23N3S2.HI/c1-12-11(13-6-4-7-15-2)14-9-10-5-3-8-16-10;/h10H,3-9H2,1-2H3,(H2,12,13,14);1H. The summed E-state index contributed by atoms with van der Waals surface area (Å²) >= 11 is 3.97. The molecule has 17 heavy (non-hydrogen) atoms. The molecule has 1 rings (SSSR count). The predicted molar refractivity (Wildman–Crippen MR) is 93.3 cm³/mol. The molecule has 0 aromatic carbocycles. The summed E-state index contributed by atoms with van der Waals surface area (Å²) < 4.78 is 0. The van der Waals surface area contributed by atoms with Crippen molar-refractivity contribution in [3.63, 3.8) is 0 Å². The van der Waals surface area contributed by atoms with Crippen LogP contribution in [0, 0.1) is 0 Å². The number of nitrogens with zero attached hydrogens (tertiary/aromatic N) is 1. The number of aliphatic imine (C=N–C) groups is 1. The van der Waals surface area contributed by atoms with Crippen LogP contribution in [0.4, 0.5) is 0 Å². The van der Waals surface area contributed by atoms with Crippen molar-refractivity contribution in [2.75, 3.05) is 37.9 Å². The Kier molecular flexibility index (Phi) is 12.3. The van der Waals surface area contributed by atoms with Gasteiger partial charge < -0.3 is 10.6 Å². The quantitative estimate of drug-likeness (QED) is 0.317. The first-order valence-electron chi connectivity index (χ1n) is 5.92. The third kappa shape index (κ3) is 8.42. The third-order valence-corrected chi connectivity index (χ3v) is 4.66. The molecule has 1 saturated heterocycles. The second-order valence-corrected chi connectivity index (χ2v) is 6.26. The zero-order valence-electron chi connectivity index (χ0n) is 10.7. The molecule has 1 fully saturated rings. The Hall–Kier alpha value is 0.700. The SMILES string of the molecule is CN=C(NCCCSC)NCC1CCCS1.I. The minimum absolute atomic E-state index is 0. The van der Waals surface area contributed by atoms with Crippen LogP contribution in [-0.4, -0.2) is 49.1 Å². The molecule has 1 unspecified atom stereocenters. The van der Waals surface area contributed by atoms with Gasteiger partial charge in [-0.05, 0) is 37.0 Å². The van der Waals surface area contributed by atoms with Gasteiger partial charge in [-0.2, -0.15) is 23.5 Å². The molecular formula is C11H24IN3S2. The van der Waals surface area contributed by atoms with Crippen molar-refractivity contribution in [1.82, 2.24) is 10.6 Å². The Morgan fingerprint density at radius 1 is 1.47 bits per heavy atom. The fraction of sp³-hybridized carbons (Fsp3) is 0.909. The summed E-state index contributed by atoms with van der Waals surface area (Å²) in [4.78, 5) is 4.23. The lowest BCUT2D eigenvalue weighted by molar-refractivity contribution is 0.722. The molecule has 1 aliphatic rings. The summed E-state index contributed by atoms with van der Waals surface area (Å²) in [6.45, 7) is 2.06. The van der Waals surface area contributed by atoms with Crippen LogP contribution >= 0.6 is 47.5 Å². The van der Waals surface area contributed by atoms with Crippen LogP contribution in [0.15, 0.2) is 4.99 Å². The molecule has 102 valence electrons. The van der Waals surface area contributed by atoms with Crippen molar-refractivity contribution in [2.24, 2.45) is 4.99 Å². The number of guanidine groups is 1. The largest absolute Gasteiger partial charge is 0.356 e. The van der Waals surface area contributed by atoms with Gasteiger partial charge in [-0.25, -0.2) is 0 Å². The van der Waals surface area contributed by atoms with E-state index in [0.717, 1.165) is 24.3 Å². The molecule has 0 aromatic heterocycles. The Morgan fingerprint density at radius 3 is 2.88 bits per heavy atom. The van der Waals surface area contributed by atoms with Gasteiger partial charge in [-0.15, -0.1) is 24.0 Å². The molecule has 0 aliphatic carbocycles. The number of halogens is 1. The van der Waals surface area contributed by atoms with Crippen LogP contribution < -0.4 is 10.6 Å². The van der Waals surface area contributed by atoms with E-state index in [0.29, 0.717) is 0 Å². The second-order valence-electron chi connectivity index (χ2n) is 3.86. The van der Waals surface area contributed by atoms with Gasteiger partial charge in [-0.3, -0.25) is 4.99 Å². The molecule has 3 nitrogen and oxygen atoms in total. The lowest BCUT2D eigenvalue weighted by Gasteiger charge is -2.14. The van der Waals surface area contributed by atoms with Crippen molar-refractivity contribution < 1.29 is 0 Å². The van der Waals surface area contributed by atoms with Gasteiger partial charge >= 0.3 is 0 Å². The minimum Gasteiger partial charge on any atom is -0.356 e. The Labute approximate surface area is 131 Å². The molecule has 0 bridgehead atoms. The summed E-state index contributed by atoms with van der Waals surface area (Å²) in [7, 11) is 1.84. The van der Waals surface area contributed by atoms with E-state index in [9.17, 15) is 0 Å². The third-order valence-electron chi connectivity index (χ3n) is 2.56. The van der Waals surface area contributed by atoms with E-state index in [1.807, 2.05) is 18.8 Å². The van der Waals surface area contributed by atoms with Crippen molar-refractivity contribution in [1.29, 1.82) is 0 Å². The van der Waals surface area contributed by atoms with E-state index in [4.69, 9.17) is 0 Å². The van der Waals surface area contributed by atoms with Crippen molar-refractivity contribution >= 4 is 53.5 Å². The minimum atomic E-state index is 0. The second kappa shape index (κ2) is 11.8. The molecule has 0 saturated carbocycles. The highest BCUT2D eigenvalue weighted by Crippen LogP contribution is 2.25. The monoisotopic (exact) mass is 389 g/mol. The van der Waals surface area contributed by atoms with Gasteiger partial charge in [0.1, 0.15) is 0 Å². The van der Waals surface area contributed by atoms with Crippen molar-refractivity contribution in [3.05, 3.63) is 0 Å². The zero-order chi connectivity index (χ0) is 11.6. The van der Waals surface area contributed by atoms with Gasteiger partial charge in [-0.1, -0.05) is 0 Å². The number of rotatable bonds is 6. The summed E-state index contributed by atoms with van der Waals surface area (Å²) in [6.07, 6.45) is 6.06. The number of hydrogen-bond donors (Lipinski definition) is 2. The van der Waals surface area contributed by atoms with E-state index in [1.54, 1.807) is 0 Å². The number of hydrogen-bond acceptors (Lipinski definition) is 3. The molecule has 2 N–H and O–H groups in total. The summed E-state index contributed by atoms with van der Waals surface area (Å²) in [5.41, 5.74) is 0. The normalized spacial score (nSPS) is 19.9. The molecule has 1 heterocycles. The van der Waals surface area contributed by atoms with E-state index in [2.05, 4.69) is 33.6 Å². The fourth-order valence-corrected chi connectivity index (χ4v) is 3.29. The lowest BCUT2D eigenvalue weighted by atomic mass is 10.2. The Balaban J connectivity index is 0.00000256. The van der Waals surface area contributed by atoms with Crippen molar-refractivity contribution in [3.8, 4) is 0 Å². The Morgan fingerprint density at radius 2 is 2.29 bits per heavy atom. The van der Waals surface area contributed by atoms with E-state index < -0.39 is 0 Å². The zero-order valence-corrected chi connectivity index (χ0v) is 14.7. The summed E-state index contributed by atoms with van der Waals surface area (Å²) in [5, 5.41) is 7.53. The van der Waals surface area contributed by atoms with Gasteiger partial charge in [0.2, 0.25) is 0 Å². The van der Waals surface area contributed by atoms with Crippen molar-refractivity contribution in [2.45, 2.75) is 24.5 Å². The molecule has 0 spiro atoms. The maximum atomic E-state index is 4.23. The van der Waals surface area contributed by atoms with Crippen LogP contribution in [0.5, 0.6) is 0 Å². The highest BCUT2D eigenvalue weighted by atomic mass is 127. The molecule has 0 amide bonds. The predicted octanol–water partition coefficient (Wildman–Crippen LogP) is 2.42. The van der Waals surface area contributed by atoms with Gasteiger partial charge in [0.15, 0.2) is 5.96 Å². The first-order chi connectivity index (χ1) is 7.86. The maximum Gasteiger partial charge on any atom is 0.191 e. The van der Waals surface area contributed by atoms with Crippen LogP contribution in [0.1, 0.15) is 19.3 Å². The van der Waals surface area contributed by atoms with E-state index >= 15 is 0 Å². The van der Waals surface area contributed by atoms with E-state index in [1.165, 1.54) is 30.8 Å². The highest BCUT2D eigenvalue weighted by molar-refractivity contribution is 14.0. The molecule has 0 radical (unpaired) electrons. The van der Waals surface area contributed by atoms with Crippen LogP contribution in [0.3, 0.4) is 0 Å². The maximum absolute atomic E-state index is 4.23.